The van der Waals surface area contributed by atoms with Crippen LogP contribution in [-0.4, -0.2) is 34.1 Å². The molecule has 3 rings (SSSR count). The number of para-hydroxylation sites is 1. The quantitative estimate of drug-likeness (QED) is 0.560. The van der Waals surface area contributed by atoms with Crippen LogP contribution in [0.15, 0.2) is 47.4 Å². The first-order valence-corrected chi connectivity index (χ1v) is 11.6. The van der Waals surface area contributed by atoms with E-state index in [9.17, 15) is 26.9 Å². The summed E-state index contributed by atoms with van der Waals surface area (Å²) in [5.41, 5.74) is 0.825. The predicted molar refractivity (Wildman–Crippen MR) is 105 cm³/mol. The lowest BCUT2D eigenvalue weighted by molar-refractivity contribution is -0.387. The first-order chi connectivity index (χ1) is 13.2. The van der Waals surface area contributed by atoms with Crippen molar-refractivity contribution in [2.24, 2.45) is 0 Å². The van der Waals surface area contributed by atoms with E-state index in [1.807, 2.05) is 0 Å². The fourth-order valence-electron chi connectivity index (χ4n) is 3.09. The average molecular weight is 425 g/mol. The van der Waals surface area contributed by atoms with Gasteiger partial charge in [-0.3, -0.25) is 19.1 Å². The second kappa shape index (κ2) is 7.40. The minimum Gasteiger partial charge on any atom is -0.279 e. The molecule has 0 unspecified atom stereocenters. The van der Waals surface area contributed by atoms with Crippen LogP contribution in [0.1, 0.15) is 18.9 Å². The standard InChI is InChI=1S/C17H19N3O6S2/c1-2-27(23,24)19-11-5-6-13-9-10-14(12-16(13)19)18-28(25,26)17-8-4-3-7-15(17)20(21)22/h3-4,7-10,12,18H,2,5-6,11H2,1H3. The van der Waals surface area contributed by atoms with Gasteiger partial charge in [0.15, 0.2) is 4.90 Å². The highest BCUT2D eigenvalue weighted by Crippen LogP contribution is 2.33. The number of hydrogen-bond acceptors (Lipinski definition) is 6. The lowest BCUT2D eigenvalue weighted by atomic mass is 10.0. The van der Waals surface area contributed by atoms with Crippen LogP contribution in [0.5, 0.6) is 0 Å². The van der Waals surface area contributed by atoms with Crippen molar-refractivity contribution in [3.8, 4) is 0 Å². The Bertz CT molecular complexity index is 1130. The molecule has 0 amide bonds. The van der Waals surface area contributed by atoms with Crippen molar-refractivity contribution in [3.05, 3.63) is 58.1 Å². The zero-order valence-electron chi connectivity index (χ0n) is 15.0. The summed E-state index contributed by atoms with van der Waals surface area (Å²) in [6.07, 6.45) is 1.36. The van der Waals surface area contributed by atoms with Gasteiger partial charge in [-0.25, -0.2) is 16.8 Å². The van der Waals surface area contributed by atoms with Gasteiger partial charge in [0.1, 0.15) is 0 Å². The fraction of sp³-hybridized carbons (Fsp3) is 0.294. The lowest BCUT2D eigenvalue weighted by Crippen LogP contribution is -2.36. The predicted octanol–water partition coefficient (Wildman–Crippen LogP) is 2.50. The minimum absolute atomic E-state index is 0.0708. The van der Waals surface area contributed by atoms with Gasteiger partial charge in [0.25, 0.3) is 15.7 Å². The minimum atomic E-state index is -4.23. The van der Waals surface area contributed by atoms with Crippen LogP contribution in [-0.2, 0) is 26.5 Å². The fourth-order valence-corrected chi connectivity index (χ4v) is 5.51. The number of nitrogens with zero attached hydrogens (tertiary/aromatic N) is 2. The van der Waals surface area contributed by atoms with E-state index < -0.39 is 35.6 Å². The first-order valence-electron chi connectivity index (χ1n) is 8.55. The molecule has 11 heteroatoms. The number of fused-ring (bicyclic) bond motifs is 1. The van der Waals surface area contributed by atoms with Crippen LogP contribution in [0, 0.1) is 10.1 Å². The van der Waals surface area contributed by atoms with E-state index in [1.54, 1.807) is 13.0 Å². The Balaban J connectivity index is 2.01. The molecule has 1 heterocycles. The number of nitro groups is 1. The summed E-state index contributed by atoms with van der Waals surface area (Å²) in [5.74, 6) is -0.0708. The van der Waals surface area contributed by atoms with Crippen molar-refractivity contribution in [1.82, 2.24) is 0 Å². The van der Waals surface area contributed by atoms with Crippen molar-refractivity contribution in [3.63, 3.8) is 0 Å². The molecule has 9 nitrogen and oxygen atoms in total. The molecule has 0 fully saturated rings. The van der Waals surface area contributed by atoms with Gasteiger partial charge in [-0.15, -0.1) is 0 Å². The number of anilines is 2. The number of rotatable bonds is 6. The highest BCUT2D eigenvalue weighted by atomic mass is 32.2. The van der Waals surface area contributed by atoms with Crippen molar-refractivity contribution in [1.29, 1.82) is 0 Å². The normalized spacial score (nSPS) is 14.4. The van der Waals surface area contributed by atoms with Crippen molar-refractivity contribution < 1.29 is 21.8 Å². The Morgan fingerprint density at radius 2 is 1.86 bits per heavy atom. The van der Waals surface area contributed by atoms with E-state index >= 15 is 0 Å². The molecule has 0 atom stereocenters. The van der Waals surface area contributed by atoms with E-state index in [0.29, 0.717) is 25.1 Å². The van der Waals surface area contributed by atoms with Crippen LogP contribution in [0.3, 0.4) is 0 Å². The van der Waals surface area contributed by atoms with Crippen LogP contribution in [0.25, 0.3) is 0 Å². The van der Waals surface area contributed by atoms with E-state index in [0.717, 1.165) is 17.7 Å². The summed E-state index contributed by atoms with van der Waals surface area (Å²) in [6.45, 7) is 1.87. The van der Waals surface area contributed by atoms with Gasteiger partial charge in [-0.05, 0) is 43.5 Å². The lowest BCUT2D eigenvalue weighted by Gasteiger charge is -2.30. The number of aryl methyl sites for hydroxylation is 1. The smallest absolute Gasteiger partial charge is 0.279 e. The molecule has 0 saturated carbocycles. The molecule has 2 aromatic carbocycles. The summed E-state index contributed by atoms with van der Waals surface area (Å²) in [5, 5.41) is 11.1. The second-order valence-corrected chi connectivity index (χ2v) is 10.1. The summed E-state index contributed by atoms with van der Waals surface area (Å²) >= 11 is 0. The van der Waals surface area contributed by atoms with Gasteiger partial charge in [-0.2, -0.15) is 0 Å². The SMILES string of the molecule is CCS(=O)(=O)N1CCCc2ccc(NS(=O)(=O)c3ccccc3[N+](=O)[O-])cc21. The largest absolute Gasteiger partial charge is 0.289 e. The zero-order chi connectivity index (χ0) is 20.5. The van der Waals surface area contributed by atoms with Crippen molar-refractivity contribution in [2.75, 3.05) is 21.3 Å². The third-order valence-electron chi connectivity index (χ3n) is 4.47. The number of nitrogens with one attached hydrogen (secondary N) is 1. The molecular formula is C17H19N3O6S2. The van der Waals surface area contributed by atoms with Crippen molar-refractivity contribution in [2.45, 2.75) is 24.7 Å². The third kappa shape index (κ3) is 3.80. The zero-order valence-corrected chi connectivity index (χ0v) is 16.7. The monoisotopic (exact) mass is 425 g/mol. The maximum atomic E-state index is 12.7. The average Bonchev–Trinajstić information content (AvgIpc) is 2.67. The Morgan fingerprint density at radius 1 is 1.14 bits per heavy atom. The third-order valence-corrected chi connectivity index (χ3v) is 7.67. The number of hydrogen-bond donors (Lipinski definition) is 1. The van der Waals surface area contributed by atoms with E-state index in [2.05, 4.69) is 4.72 Å². The maximum Gasteiger partial charge on any atom is 0.289 e. The highest BCUT2D eigenvalue weighted by molar-refractivity contribution is 7.93. The molecule has 1 N–H and O–H groups in total. The van der Waals surface area contributed by atoms with Gasteiger partial charge in [-0.1, -0.05) is 18.2 Å². The Hall–Kier alpha value is -2.66. The topological polar surface area (TPSA) is 127 Å². The molecular weight excluding hydrogens is 406 g/mol. The van der Waals surface area contributed by atoms with E-state index in [1.165, 1.54) is 28.6 Å². The van der Waals surface area contributed by atoms with E-state index in [4.69, 9.17) is 0 Å². The van der Waals surface area contributed by atoms with Crippen LogP contribution in [0.4, 0.5) is 17.1 Å². The summed E-state index contributed by atoms with van der Waals surface area (Å²) in [7, 11) is -7.73. The van der Waals surface area contributed by atoms with Gasteiger partial charge >= 0.3 is 0 Å². The molecule has 0 aliphatic carbocycles. The second-order valence-electron chi connectivity index (χ2n) is 6.25. The Kier molecular flexibility index (Phi) is 5.31. The van der Waals surface area contributed by atoms with Crippen LogP contribution in [0.2, 0.25) is 0 Å². The molecule has 0 spiro atoms. The molecule has 1 aliphatic rings. The maximum absolute atomic E-state index is 12.7. The molecule has 28 heavy (non-hydrogen) atoms. The molecule has 0 saturated heterocycles. The molecule has 2 aromatic rings. The summed E-state index contributed by atoms with van der Waals surface area (Å²) in [4.78, 5) is 9.91. The van der Waals surface area contributed by atoms with Crippen LogP contribution >= 0.6 is 0 Å². The van der Waals surface area contributed by atoms with E-state index in [-0.39, 0.29) is 11.4 Å². The number of sulfonamides is 2. The number of benzene rings is 2. The molecule has 150 valence electrons. The summed E-state index contributed by atoms with van der Waals surface area (Å²) in [6, 6.07) is 9.67. The van der Waals surface area contributed by atoms with Gasteiger partial charge in [0.05, 0.1) is 22.1 Å². The highest BCUT2D eigenvalue weighted by Gasteiger charge is 2.28. The van der Waals surface area contributed by atoms with Crippen molar-refractivity contribution >= 4 is 37.1 Å². The molecule has 0 radical (unpaired) electrons. The Labute approximate surface area is 163 Å². The molecule has 1 aliphatic heterocycles. The molecule has 0 aromatic heterocycles. The summed E-state index contributed by atoms with van der Waals surface area (Å²) < 4.78 is 53.7. The van der Waals surface area contributed by atoms with Gasteiger partial charge < -0.3 is 0 Å². The van der Waals surface area contributed by atoms with Gasteiger partial charge in [0.2, 0.25) is 10.0 Å². The molecule has 0 bridgehead atoms. The van der Waals surface area contributed by atoms with Gasteiger partial charge in [0, 0.05) is 12.6 Å². The van der Waals surface area contributed by atoms with Crippen LogP contribution < -0.4 is 9.03 Å². The first kappa shape index (κ1) is 20.1. The number of nitro benzene ring substituents is 1. The Morgan fingerprint density at radius 3 is 2.54 bits per heavy atom.